The number of carbonyl (C=O) groups excluding carboxylic acids is 1. The number of nitrogens with one attached hydrogen (secondary N) is 1. The lowest BCUT2D eigenvalue weighted by molar-refractivity contribution is -0.137. The van der Waals surface area contributed by atoms with Crippen LogP contribution in [0.5, 0.6) is 0 Å². The van der Waals surface area contributed by atoms with Crippen LogP contribution in [0.15, 0.2) is 48.5 Å². The van der Waals surface area contributed by atoms with Gasteiger partial charge in [-0.25, -0.2) is 0 Å². The van der Waals surface area contributed by atoms with Crippen molar-refractivity contribution in [2.45, 2.75) is 53.1 Å². The van der Waals surface area contributed by atoms with Crippen molar-refractivity contribution in [2.24, 2.45) is 0 Å². The molecule has 0 saturated carbocycles. The van der Waals surface area contributed by atoms with Crippen LogP contribution in [0.2, 0.25) is 0 Å². The number of hydrogen-bond acceptors (Lipinski definition) is 1. The fourth-order valence-electron chi connectivity index (χ4n) is 3.86. The van der Waals surface area contributed by atoms with Gasteiger partial charge in [0.05, 0.1) is 16.8 Å². The number of amides is 1. The van der Waals surface area contributed by atoms with Crippen molar-refractivity contribution < 1.29 is 18.0 Å². The number of rotatable bonds is 6. The molecule has 0 aliphatic heterocycles. The van der Waals surface area contributed by atoms with Crippen molar-refractivity contribution in [2.75, 3.05) is 5.32 Å². The summed E-state index contributed by atoms with van der Waals surface area (Å²) in [6.07, 6.45) is -1.27. The number of hydrogen-bond donors (Lipinski definition) is 1. The molecular formula is C25H27F3N2O. The molecule has 0 bridgehead atoms. The summed E-state index contributed by atoms with van der Waals surface area (Å²) in [7, 11) is 0. The summed E-state index contributed by atoms with van der Waals surface area (Å²) in [5, 5.41) is 2.91. The van der Waals surface area contributed by atoms with Crippen LogP contribution in [-0.2, 0) is 12.6 Å². The lowest BCUT2D eigenvalue weighted by atomic mass is 10.0. The predicted molar refractivity (Wildman–Crippen MR) is 118 cm³/mol. The summed E-state index contributed by atoms with van der Waals surface area (Å²) in [5.41, 5.74) is 3.53. The molecule has 1 heterocycles. The number of anilines is 1. The minimum atomic E-state index is -4.49. The van der Waals surface area contributed by atoms with Gasteiger partial charge in [0, 0.05) is 17.1 Å². The van der Waals surface area contributed by atoms with Gasteiger partial charge in [-0.3, -0.25) is 4.79 Å². The average Bonchev–Trinajstić information content (AvgIpc) is 3.01. The Kier molecular flexibility index (Phi) is 6.58. The fourth-order valence-corrected chi connectivity index (χ4v) is 3.86. The van der Waals surface area contributed by atoms with Crippen LogP contribution in [0.25, 0.3) is 5.69 Å². The van der Waals surface area contributed by atoms with Crippen molar-refractivity contribution >= 4 is 11.6 Å². The standard InChI is InChI=1S/C25H27F3N2O/c1-5-6-9-19-12-13-22(16(2)14-19)29-24(31)20-15-17(3)30(18(20)4)23-11-8-7-10-21(23)25(26,27)28/h7-8,10-15H,5-6,9H2,1-4H3,(H,29,31). The van der Waals surface area contributed by atoms with Crippen molar-refractivity contribution in [1.82, 2.24) is 4.57 Å². The highest BCUT2D eigenvalue weighted by Crippen LogP contribution is 2.35. The topological polar surface area (TPSA) is 34.0 Å². The van der Waals surface area contributed by atoms with E-state index >= 15 is 0 Å². The van der Waals surface area contributed by atoms with Gasteiger partial charge in [0.25, 0.3) is 5.91 Å². The van der Waals surface area contributed by atoms with Crippen LogP contribution in [0.4, 0.5) is 18.9 Å². The lowest BCUT2D eigenvalue weighted by Crippen LogP contribution is -2.15. The molecule has 0 fully saturated rings. The molecule has 0 aliphatic carbocycles. The molecule has 0 atom stereocenters. The number of halogens is 3. The molecule has 31 heavy (non-hydrogen) atoms. The van der Waals surface area contributed by atoms with E-state index in [0.29, 0.717) is 22.6 Å². The summed E-state index contributed by atoms with van der Waals surface area (Å²) in [4.78, 5) is 13.0. The SMILES string of the molecule is CCCCc1ccc(NC(=O)c2cc(C)n(-c3ccccc3C(F)(F)F)c2C)c(C)c1. The number of carbonyl (C=O) groups is 1. The van der Waals surface area contributed by atoms with Gasteiger partial charge in [-0.2, -0.15) is 13.2 Å². The largest absolute Gasteiger partial charge is 0.418 e. The zero-order valence-corrected chi connectivity index (χ0v) is 18.2. The molecule has 1 N–H and O–H groups in total. The molecule has 3 nitrogen and oxygen atoms in total. The Balaban J connectivity index is 1.92. The minimum Gasteiger partial charge on any atom is -0.322 e. The first-order chi connectivity index (χ1) is 14.6. The van der Waals surface area contributed by atoms with E-state index in [4.69, 9.17) is 0 Å². The van der Waals surface area contributed by atoms with Gasteiger partial charge in [-0.05, 0) is 69.0 Å². The average molecular weight is 428 g/mol. The van der Waals surface area contributed by atoms with Crippen LogP contribution < -0.4 is 5.32 Å². The molecule has 3 rings (SSSR count). The van der Waals surface area contributed by atoms with Gasteiger partial charge in [-0.1, -0.05) is 37.6 Å². The first-order valence-corrected chi connectivity index (χ1v) is 10.4. The van der Waals surface area contributed by atoms with Crippen LogP contribution in [0, 0.1) is 20.8 Å². The second-order valence-corrected chi connectivity index (χ2v) is 7.84. The maximum atomic E-state index is 13.5. The molecule has 0 aliphatic rings. The number of aromatic nitrogens is 1. The van der Waals surface area contributed by atoms with E-state index in [1.807, 2.05) is 19.1 Å². The molecule has 3 aromatic rings. The van der Waals surface area contributed by atoms with E-state index < -0.39 is 11.7 Å². The van der Waals surface area contributed by atoms with Gasteiger partial charge < -0.3 is 9.88 Å². The number of unbranched alkanes of at least 4 members (excludes halogenated alkanes) is 1. The molecular weight excluding hydrogens is 401 g/mol. The van der Waals surface area contributed by atoms with Gasteiger partial charge in [0.2, 0.25) is 0 Å². The minimum absolute atomic E-state index is 0.0144. The number of aryl methyl sites for hydroxylation is 3. The summed E-state index contributed by atoms with van der Waals surface area (Å²) in [6, 6.07) is 13.0. The Morgan fingerprint density at radius 2 is 1.74 bits per heavy atom. The quantitative estimate of drug-likeness (QED) is 0.450. The smallest absolute Gasteiger partial charge is 0.322 e. The highest BCUT2D eigenvalue weighted by atomic mass is 19.4. The highest BCUT2D eigenvalue weighted by Gasteiger charge is 2.34. The van der Waals surface area contributed by atoms with Crippen molar-refractivity contribution in [1.29, 1.82) is 0 Å². The molecule has 0 saturated heterocycles. The molecule has 1 amide bonds. The maximum absolute atomic E-state index is 13.5. The zero-order valence-electron chi connectivity index (χ0n) is 18.2. The Morgan fingerprint density at radius 1 is 1.03 bits per heavy atom. The van der Waals surface area contributed by atoms with Crippen molar-refractivity contribution in [3.05, 3.63) is 82.2 Å². The molecule has 0 unspecified atom stereocenters. The second kappa shape index (κ2) is 9.00. The van der Waals surface area contributed by atoms with Crippen molar-refractivity contribution in [3.63, 3.8) is 0 Å². The van der Waals surface area contributed by atoms with Gasteiger partial charge in [0.1, 0.15) is 0 Å². The van der Waals surface area contributed by atoms with Gasteiger partial charge in [-0.15, -0.1) is 0 Å². The van der Waals surface area contributed by atoms with Crippen LogP contribution >= 0.6 is 0 Å². The summed E-state index contributed by atoms with van der Waals surface area (Å²) in [5.74, 6) is -0.340. The number of nitrogens with zero attached hydrogens (tertiary/aromatic N) is 1. The summed E-state index contributed by atoms with van der Waals surface area (Å²) >= 11 is 0. The maximum Gasteiger partial charge on any atom is 0.418 e. The van der Waals surface area contributed by atoms with Crippen LogP contribution in [0.1, 0.15) is 58.2 Å². The number of benzene rings is 2. The fraction of sp³-hybridized carbons (Fsp3) is 0.320. The molecule has 0 radical (unpaired) electrons. The molecule has 0 spiro atoms. The first kappa shape index (κ1) is 22.7. The highest BCUT2D eigenvalue weighted by molar-refractivity contribution is 6.05. The molecule has 164 valence electrons. The third-order valence-electron chi connectivity index (χ3n) is 5.48. The van der Waals surface area contributed by atoms with Crippen LogP contribution in [-0.4, -0.2) is 10.5 Å². The molecule has 6 heteroatoms. The Bertz CT molecular complexity index is 1100. The summed E-state index contributed by atoms with van der Waals surface area (Å²) < 4.78 is 42.0. The van der Waals surface area contributed by atoms with Gasteiger partial charge in [0.15, 0.2) is 0 Å². The second-order valence-electron chi connectivity index (χ2n) is 7.84. The molecule has 1 aromatic heterocycles. The van der Waals surface area contributed by atoms with E-state index in [1.54, 1.807) is 26.0 Å². The van der Waals surface area contributed by atoms with Gasteiger partial charge >= 0.3 is 6.18 Å². The monoisotopic (exact) mass is 428 g/mol. The normalized spacial score (nSPS) is 11.6. The number of alkyl halides is 3. The van der Waals surface area contributed by atoms with E-state index in [-0.39, 0.29) is 11.6 Å². The third-order valence-corrected chi connectivity index (χ3v) is 5.48. The van der Waals surface area contributed by atoms with Crippen molar-refractivity contribution in [3.8, 4) is 5.69 Å². The van der Waals surface area contributed by atoms with E-state index in [0.717, 1.165) is 30.9 Å². The van der Waals surface area contributed by atoms with E-state index in [9.17, 15) is 18.0 Å². The predicted octanol–water partition coefficient (Wildman–Crippen LogP) is 7.02. The Morgan fingerprint density at radius 3 is 2.39 bits per heavy atom. The zero-order chi connectivity index (χ0) is 22.8. The van der Waals surface area contributed by atoms with E-state index in [2.05, 4.69) is 18.3 Å². The first-order valence-electron chi connectivity index (χ1n) is 10.4. The van der Waals surface area contributed by atoms with Crippen LogP contribution in [0.3, 0.4) is 0 Å². The Hall–Kier alpha value is -3.02. The lowest BCUT2D eigenvalue weighted by Gasteiger charge is -2.17. The number of para-hydroxylation sites is 1. The molecule has 2 aromatic carbocycles. The Labute approximate surface area is 180 Å². The third kappa shape index (κ3) is 4.84. The summed E-state index contributed by atoms with van der Waals surface area (Å²) in [6.45, 7) is 7.44. The van der Waals surface area contributed by atoms with E-state index in [1.165, 1.54) is 22.3 Å².